The van der Waals surface area contributed by atoms with Gasteiger partial charge >= 0.3 is 5.97 Å². The monoisotopic (exact) mass is 286 g/mol. The first-order chi connectivity index (χ1) is 9.88. The number of hydrogen-bond donors (Lipinski definition) is 0. The van der Waals surface area contributed by atoms with Gasteiger partial charge in [-0.1, -0.05) is 20.4 Å². The van der Waals surface area contributed by atoms with Gasteiger partial charge in [0.05, 0.1) is 23.9 Å². The second-order valence-electron chi connectivity index (χ2n) is 5.16. The van der Waals surface area contributed by atoms with Gasteiger partial charge in [0.25, 0.3) is 0 Å². The van der Waals surface area contributed by atoms with Crippen molar-refractivity contribution in [3.63, 3.8) is 0 Å². The van der Waals surface area contributed by atoms with E-state index in [4.69, 9.17) is 4.74 Å². The number of Topliss-reactive ketones (excluding diaryl/α,β-unsaturated/α-hetero) is 1. The van der Waals surface area contributed by atoms with Gasteiger partial charge < -0.3 is 4.74 Å². The van der Waals surface area contributed by atoms with Crippen LogP contribution in [0.4, 0.5) is 0 Å². The van der Waals surface area contributed by atoms with E-state index < -0.39 is 5.97 Å². The smallest absolute Gasteiger partial charge is 0.337 e. The summed E-state index contributed by atoms with van der Waals surface area (Å²) in [5, 5.41) is 4.49. The number of hydrogen-bond acceptors (Lipinski definition) is 4. The Morgan fingerprint density at radius 2 is 2.05 bits per heavy atom. The number of pyridine rings is 1. The standard InChI is InChI=1S/C16H18N2O3/c1-9(2)14-13(10(3)16(20)21-5)15-12(11(4)19)7-6-8-18(15)17-14/h6-9H,3H2,1-2,4-5H3. The van der Waals surface area contributed by atoms with Crippen LogP contribution in [0.2, 0.25) is 0 Å². The molecule has 0 aliphatic carbocycles. The fraction of sp³-hybridized carbons (Fsp3) is 0.312. The maximum atomic E-state index is 11.9. The van der Waals surface area contributed by atoms with E-state index in [2.05, 4.69) is 11.7 Å². The van der Waals surface area contributed by atoms with Crippen molar-refractivity contribution in [2.45, 2.75) is 26.7 Å². The molecule has 0 saturated carbocycles. The minimum absolute atomic E-state index is 0.0844. The molecule has 2 aromatic rings. The second kappa shape index (κ2) is 5.52. The summed E-state index contributed by atoms with van der Waals surface area (Å²) >= 11 is 0. The molecule has 0 saturated heterocycles. The van der Waals surface area contributed by atoms with Crippen LogP contribution >= 0.6 is 0 Å². The zero-order valence-corrected chi connectivity index (χ0v) is 12.6. The molecule has 0 N–H and O–H groups in total. The Morgan fingerprint density at radius 1 is 1.38 bits per heavy atom. The van der Waals surface area contributed by atoms with Gasteiger partial charge in [0, 0.05) is 17.3 Å². The van der Waals surface area contributed by atoms with Crippen molar-refractivity contribution < 1.29 is 14.3 Å². The van der Waals surface area contributed by atoms with E-state index in [-0.39, 0.29) is 17.3 Å². The lowest BCUT2D eigenvalue weighted by atomic mass is 9.96. The van der Waals surface area contributed by atoms with Gasteiger partial charge in [-0.25, -0.2) is 9.31 Å². The van der Waals surface area contributed by atoms with Crippen molar-refractivity contribution in [3.8, 4) is 0 Å². The molecule has 0 spiro atoms. The Labute approximate surface area is 123 Å². The summed E-state index contributed by atoms with van der Waals surface area (Å²) in [7, 11) is 1.31. The van der Waals surface area contributed by atoms with E-state index in [0.717, 1.165) is 5.69 Å². The van der Waals surface area contributed by atoms with Crippen LogP contribution in [-0.4, -0.2) is 28.5 Å². The number of esters is 1. The predicted octanol–water partition coefficient (Wildman–Crippen LogP) is 2.85. The number of carbonyl (C=O) groups excluding carboxylic acids is 2. The topological polar surface area (TPSA) is 60.7 Å². The molecular formula is C16H18N2O3. The summed E-state index contributed by atoms with van der Waals surface area (Å²) in [6.45, 7) is 9.26. The Balaban J connectivity index is 2.87. The molecule has 2 heterocycles. The number of ketones is 1. The molecule has 110 valence electrons. The zero-order valence-electron chi connectivity index (χ0n) is 12.6. The third-order valence-corrected chi connectivity index (χ3v) is 3.34. The highest BCUT2D eigenvalue weighted by Crippen LogP contribution is 2.31. The Bertz CT molecular complexity index is 741. The highest BCUT2D eigenvalue weighted by molar-refractivity contribution is 6.19. The number of methoxy groups -OCH3 is 1. The molecule has 2 rings (SSSR count). The predicted molar refractivity (Wildman–Crippen MR) is 80.3 cm³/mol. The van der Waals surface area contributed by atoms with Crippen LogP contribution in [0, 0.1) is 0 Å². The van der Waals surface area contributed by atoms with Crippen LogP contribution in [0.3, 0.4) is 0 Å². The van der Waals surface area contributed by atoms with Gasteiger partial charge in [-0.2, -0.15) is 5.10 Å². The van der Waals surface area contributed by atoms with E-state index >= 15 is 0 Å². The van der Waals surface area contributed by atoms with Crippen LogP contribution in [0.25, 0.3) is 11.1 Å². The molecule has 5 heteroatoms. The van der Waals surface area contributed by atoms with Gasteiger partial charge in [-0.3, -0.25) is 4.79 Å². The van der Waals surface area contributed by atoms with Crippen molar-refractivity contribution >= 4 is 22.8 Å². The summed E-state index contributed by atoms with van der Waals surface area (Å²) in [4.78, 5) is 23.7. The van der Waals surface area contributed by atoms with Gasteiger partial charge in [0.2, 0.25) is 0 Å². The largest absolute Gasteiger partial charge is 0.465 e. The molecular weight excluding hydrogens is 268 g/mol. The average Bonchev–Trinajstić information content (AvgIpc) is 2.84. The molecule has 0 fully saturated rings. The molecule has 2 aromatic heterocycles. The van der Waals surface area contributed by atoms with Crippen LogP contribution in [0.15, 0.2) is 24.9 Å². The number of nitrogens with zero attached hydrogens (tertiary/aromatic N) is 2. The Hall–Kier alpha value is -2.43. The zero-order chi connectivity index (χ0) is 15.7. The van der Waals surface area contributed by atoms with E-state index in [1.54, 1.807) is 22.8 Å². The van der Waals surface area contributed by atoms with Crippen LogP contribution in [0.1, 0.15) is 48.3 Å². The quantitative estimate of drug-likeness (QED) is 0.492. The van der Waals surface area contributed by atoms with Crippen LogP contribution < -0.4 is 0 Å². The molecule has 21 heavy (non-hydrogen) atoms. The number of fused-ring (bicyclic) bond motifs is 1. The molecule has 0 atom stereocenters. The van der Waals surface area contributed by atoms with Crippen LogP contribution in [0.5, 0.6) is 0 Å². The summed E-state index contributed by atoms with van der Waals surface area (Å²) < 4.78 is 6.38. The van der Waals surface area contributed by atoms with Crippen molar-refractivity contribution in [2.75, 3.05) is 7.11 Å². The van der Waals surface area contributed by atoms with Crippen molar-refractivity contribution in [1.82, 2.24) is 9.61 Å². The normalized spacial score (nSPS) is 10.9. The third kappa shape index (κ3) is 2.46. The van der Waals surface area contributed by atoms with E-state index in [9.17, 15) is 9.59 Å². The molecule has 0 bridgehead atoms. The van der Waals surface area contributed by atoms with Crippen molar-refractivity contribution in [3.05, 3.63) is 41.7 Å². The fourth-order valence-corrected chi connectivity index (χ4v) is 2.33. The molecule has 0 radical (unpaired) electrons. The Morgan fingerprint density at radius 3 is 2.57 bits per heavy atom. The second-order valence-corrected chi connectivity index (χ2v) is 5.16. The minimum atomic E-state index is -0.523. The van der Waals surface area contributed by atoms with Crippen LogP contribution in [-0.2, 0) is 9.53 Å². The summed E-state index contributed by atoms with van der Waals surface area (Å²) in [6.07, 6.45) is 1.75. The van der Waals surface area contributed by atoms with Gasteiger partial charge in [-0.15, -0.1) is 0 Å². The highest BCUT2D eigenvalue weighted by Gasteiger charge is 2.24. The van der Waals surface area contributed by atoms with Gasteiger partial charge in [0.1, 0.15) is 0 Å². The number of ether oxygens (including phenoxy) is 1. The molecule has 0 aromatic carbocycles. The number of aromatic nitrogens is 2. The maximum absolute atomic E-state index is 11.9. The lowest BCUT2D eigenvalue weighted by Crippen LogP contribution is -2.06. The lowest BCUT2D eigenvalue weighted by molar-refractivity contribution is -0.133. The SMILES string of the molecule is C=C(C(=O)OC)c1c(C(C)C)nn2cccc(C(C)=O)c12. The van der Waals surface area contributed by atoms with Crippen molar-refractivity contribution in [1.29, 1.82) is 0 Å². The fourth-order valence-electron chi connectivity index (χ4n) is 2.33. The Kier molecular flexibility index (Phi) is 3.93. The maximum Gasteiger partial charge on any atom is 0.337 e. The van der Waals surface area contributed by atoms with Gasteiger partial charge in [-0.05, 0) is 25.0 Å². The highest BCUT2D eigenvalue weighted by atomic mass is 16.5. The minimum Gasteiger partial charge on any atom is -0.465 e. The number of carbonyl (C=O) groups is 2. The number of rotatable bonds is 4. The summed E-state index contributed by atoms with van der Waals surface area (Å²) in [5.41, 5.74) is 2.63. The molecule has 0 aliphatic heterocycles. The first-order valence-corrected chi connectivity index (χ1v) is 6.68. The molecule has 0 amide bonds. The average molecular weight is 286 g/mol. The van der Waals surface area contributed by atoms with E-state index in [1.807, 2.05) is 13.8 Å². The van der Waals surface area contributed by atoms with Gasteiger partial charge in [0.15, 0.2) is 5.78 Å². The lowest BCUT2D eigenvalue weighted by Gasteiger charge is -2.08. The van der Waals surface area contributed by atoms with Crippen molar-refractivity contribution in [2.24, 2.45) is 0 Å². The third-order valence-electron chi connectivity index (χ3n) is 3.34. The molecule has 0 aliphatic rings. The first kappa shape index (κ1) is 15.0. The van der Waals surface area contributed by atoms with E-state index in [0.29, 0.717) is 16.6 Å². The summed E-state index contributed by atoms with van der Waals surface area (Å²) in [5.74, 6) is -0.527. The first-order valence-electron chi connectivity index (χ1n) is 6.68. The molecule has 0 unspecified atom stereocenters. The molecule has 5 nitrogen and oxygen atoms in total. The van der Waals surface area contributed by atoms with E-state index in [1.165, 1.54) is 14.0 Å². The summed E-state index contributed by atoms with van der Waals surface area (Å²) in [6, 6.07) is 3.48.